The summed E-state index contributed by atoms with van der Waals surface area (Å²) < 4.78 is 4.73. The maximum Gasteiger partial charge on any atom is 0.337 e. The van der Waals surface area contributed by atoms with Crippen molar-refractivity contribution in [1.29, 1.82) is 0 Å². The lowest BCUT2D eigenvalue weighted by Crippen LogP contribution is -2.56. The lowest BCUT2D eigenvalue weighted by atomic mass is 9.96. The van der Waals surface area contributed by atoms with Crippen LogP contribution in [-0.4, -0.2) is 30.6 Å². The molecule has 0 aromatic heterocycles. The molecule has 0 unspecified atom stereocenters. The molecular formula is C15H20N2O3. The Kier molecular flexibility index (Phi) is 3.46. The van der Waals surface area contributed by atoms with Crippen LogP contribution < -0.4 is 10.2 Å². The second-order valence-corrected chi connectivity index (χ2v) is 5.74. The van der Waals surface area contributed by atoms with Gasteiger partial charge in [-0.3, -0.25) is 4.79 Å². The van der Waals surface area contributed by atoms with Crippen LogP contribution in [-0.2, 0) is 9.53 Å². The molecule has 0 aliphatic carbocycles. The van der Waals surface area contributed by atoms with Crippen LogP contribution >= 0.6 is 0 Å². The van der Waals surface area contributed by atoms with Crippen LogP contribution in [0.4, 0.5) is 11.4 Å². The molecule has 1 aromatic carbocycles. The average molecular weight is 276 g/mol. The van der Waals surface area contributed by atoms with Crippen molar-refractivity contribution in [2.75, 3.05) is 17.3 Å². The van der Waals surface area contributed by atoms with Crippen molar-refractivity contribution in [3.63, 3.8) is 0 Å². The fourth-order valence-corrected chi connectivity index (χ4v) is 2.39. The van der Waals surface area contributed by atoms with Gasteiger partial charge in [0.1, 0.15) is 5.54 Å². The summed E-state index contributed by atoms with van der Waals surface area (Å²) in [5.41, 5.74) is 1.33. The molecule has 1 N–H and O–H groups in total. The van der Waals surface area contributed by atoms with E-state index < -0.39 is 11.5 Å². The number of carbonyl (C=O) groups is 2. The lowest BCUT2D eigenvalue weighted by molar-refractivity contribution is -0.122. The molecule has 1 aliphatic heterocycles. The molecule has 0 atom stereocenters. The number of nitrogens with one attached hydrogen (secondary N) is 1. The Morgan fingerprint density at radius 1 is 1.35 bits per heavy atom. The molecule has 1 aliphatic rings. The molecule has 2 rings (SSSR count). The summed E-state index contributed by atoms with van der Waals surface area (Å²) in [5.74, 6) is -0.421. The van der Waals surface area contributed by atoms with E-state index in [0.717, 1.165) is 5.69 Å². The first kappa shape index (κ1) is 14.4. The van der Waals surface area contributed by atoms with Crippen molar-refractivity contribution in [2.24, 2.45) is 0 Å². The third kappa shape index (κ3) is 2.24. The van der Waals surface area contributed by atoms with Crippen molar-refractivity contribution in [3.05, 3.63) is 23.8 Å². The Morgan fingerprint density at radius 3 is 2.55 bits per heavy atom. The molecule has 0 saturated carbocycles. The average Bonchev–Trinajstić information content (AvgIpc) is 2.38. The fraction of sp³-hybridized carbons (Fsp3) is 0.467. The Bertz CT molecular complexity index is 564. The standard InChI is InChI=1S/C15H20N2O3/c1-9(2)17-12-8-10(13(18)20-5)6-7-11(12)16-15(3,4)14(17)19/h6-9,16H,1-5H3. The van der Waals surface area contributed by atoms with E-state index in [9.17, 15) is 9.59 Å². The van der Waals surface area contributed by atoms with Gasteiger partial charge in [0.2, 0.25) is 0 Å². The van der Waals surface area contributed by atoms with Crippen LogP contribution in [0.25, 0.3) is 0 Å². The SMILES string of the molecule is COC(=O)c1ccc2c(c1)N(C(C)C)C(=O)C(C)(C)N2. The molecule has 20 heavy (non-hydrogen) atoms. The number of esters is 1. The molecule has 1 amide bonds. The summed E-state index contributed by atoms with van der Waals surface area (Å²) in [5, 5.41) is 3.21. The van der Waals surface area contributed by atoms with Gasteiger partial charge in [-0.1, -0.05) is 0 Å². The minimum absolute atomic E-state index is 0.00974. The van der Waals surface area contributed by atoms with Crippen molar-refractivity contribution in [3.8, 4) is 0 Å². The molecule has 0 bridgehead atoms. The van der Waals surface area contributed by atoms with Gasteiger partial charge in [-0.25, -0.2) is 4.79 Å². The number of anilines is 2. The Hall–Kier alpha value is -2.04. The first-order valence-corrected chi connectivity index (χ1v) is 6.62. The number of hydrogen-bond acceptors (Lipinski definition) is 4. The quantitative estimate of drug-likeness (QED) is 0.843. The summed E-state index contributed by atoms with van der Waals surface area (Å²) in [6.07, 6.45) is 0. The van der Waals surface area contributed by atoms with Gasteiger partial charge >= 0.3 is 5.97 Å². The predicted octanol–water partition coefficient (Wildman–Crippen LogP) is 2.42. The number of rotatable bonds is 2. The van der Waals surface area contributed by atoms with Gasteiger partial charge in [-0.2, -0.15) is 0 Å². The van der Waals surface area contributed by atoms with Crippen molar-refractivity contribution >= 4 is 23.3 Å². The van der Waals surface area contributed by atoms with Crippen LogP contribution in [0.1, 0.15) is 38.1 Å². The second-order valence-electron chi connectivity index (χ2n) is 5.74. The number of ether oxygens (including phenoxy) is 1. The summed E-state index contributed by atoms with van der Waals surface area (Å²) in [7, 11) is 1.34. The zero-order valence-electron chi connectivity index (χ0n) is 12.5. The van der Waals surface area contributed by atoms with E-state index in [-0.39, 0.29) is 11.9 Å². The summed E-state index contributed by atoms with van der Waals surface area (Å²) in [6, 6.07) is 5.21. The number of methoxy groups -OCH3 is 1. The third-order valence-electron chi connectivity index (χ3n) is 3.40. The molecule has 1 heterocycles. The first-order valence-electron chi connectivity index (χ1n) is 6.62. The zero-order chi connectivity index (χ0) is 15.1. The molecule has 108 valence electrons. The van der Waals surface area contributed by atoms with Gasteiger partial charge < -0.3 is 15.0 Å². The molecular weight excluding hydrogens is 256 g/mol. The molecule has 0 saturated heterocycles. The highest BCUT2D eigenvalue weighted by Crippen LogP contribution is 2.37. The molecule has 5 heteroatoms. The van der Waals surface area contributed by atoms with E-state index in [2.05, 4.69) is 5.32 Å². The van der Waals surface area contributed by atoms with Gasteiger partial charge in [0.15, 0.2) is 0 Å². The van der Waals surface area contributed by atoms with E-state index in [1.54, 1.807) is 17.0 Å². The molecule has 5 nitrogen and oxygen atoms in total. The topological polar surface area (TPSA) is 58.6 Å². The van der Waals surface area contributed by atoms with E-state index in [4.69, 9.17) is 4.74 Å². The third-order valence-corrected chi connectivity index (χ3v) is 3.40. The molecule has 0 radical (unpaired) electrons. The maximum absolute atomic E-state index is 12.5. The largest absolute Gasteiger partial charge is 0.465 e. The first-order chi connectivity index (χ1) is 9.27. The number of carbonyl (C=O) groups excluding carboxylic acids is 2. The van der Waals surface area contributed by atoms with Crippen molar-refractivity contribution in [2.45, 2.75) is 39.3 Å². The van der Waals surface area contributed by atoms with Gasteiger partial charge in [-0.15, -0.1) is 0 Å². The van der Waals surface area contributed by atoms with E-state index in [0.29, 0.717) is 11.3 Å². The highest BCUT2D eigenvalue weighted by atomic mass is 16.5. The lowest BCUT2D eigenvalue weighted by Gasteiger charge is -2.42. The summed E-state index contributed by atoms with van der Waals surface area (Å²) >= 11 is 0. The van der Waals surface area contributed by atoms with Crippen LogP contribution in [0.2, 0.25) is 0 Å². The smallest absolute Gasteiger partial charge is 0.337 e. The fourth-order valence-electron chi connectivity index (χ4n) is 2.39. The van der Waals surface area contributed by atoms with Gasteiger partial charge in [0, 0.05) is 6.04 Å². The van der Waals surface area contributed by atoms with Crippen LogP contribution in [0, 0.1) is 0 Å². The zero-order valence-corrected chi connectivity index (χ0v) is 12.5. The number of hydrogen-bond donors (Lipinski definition) is 1. The van der Waals surface area contributed by atoms with E-state index in [1.165, 1.54) is 7.11 Å². The Morgan fingerprint density at radius 2 is 2.00 bits per heavy atom. The normalized spacial score (nSPS) is 16.7. The molecule has 1 aromatic rings. The monoisotopic (exact) mass is 276 g/mol. The highest BCUT2D eigenvalue weighted by molar-refractivity contribution is 6.08. The summed E-state index contributed by atoms with van der Waals surface area (Å²) in [6.45, 7) is 7.60. The molecule has 0 fully saturated rings. The van der Waals surface area contributed by atoms with Crippen molar-refractivity contribution < 1.29 is 14.3 Å². The highest BCUT2D eigenvalue weighted by Gasteiger charge is 2.39. The van der Waals surface area contributed by atoms with E-state index in [1.807, 2.05) is 33.8 Å². The van der Waals surface area contributed by atoms with Gasteiger partial charge in [0.05, 0.1) is 24.0 Å². The number of nitrogens with zero attached hydrogens (tertiary/aromatic N) is 1. The van der Waals surface area contributed by atoms with Gasteiger partial charge in [0.25, 0.3) is 5.91 Å². The Balaban J connectivity index is 2.57. The number of benzene rings is 1. The summed E-state index contributed by atoms with van der Waals surface area (Å²) in [4.78, 5) is 25.9. The van der Waals surface area contributed by atoms with Gasteiger partial charge in [-0.05, 0) is 45.9 Å². The second kappa shape index (κ2) is 4.81. The molecule has 0 spiro atoms. The Labute approximate surface area is 118 Å². The minimum Gasteiger partial charge on any atom is -0.465 e. The number of amides is 1. The van der Waals surface area contributed by atoms with E-state index >= 15 is 0 Å². The minimum atomic E-state index is -0.663. The van der Waals surface area contributed by atoms with Crippen LogP contribution in [0.5, 0.6) is 0 Å². The predicted molar refractivity (Wildman–Crippen MR) is 78.1 cm³/mol. The van der Waals surface area contributed by atoms with Crippen LogP contribution in [0.15, 0.2) is 18.2 Å². The maximum atomic E-state index is 12.5. The number of fused-ring (bicyclic) bond motifs is 1. The van der Waals surface area contributed by atoms with Crippen LogP contribution in [0.3, 0.4) is 0 Å². The van der Waals surface area contributed by atoms with Crippen molar-refractivity contribution in [1.82, 2.24) is 0 Å².